The minimum Gasteiger partial charge on any atom is -0.311 e. The summed E-state index contributed by atoms with van der Waals surface area (Å²) < 4.78 is 0. The van der Waals surface area contributed by atoms with Crippen LogP contribution in [-0.2, 0) is 18.4 Å². The largest absolute Gasteiger partial charge is 0.311 e. The van der Waals surface area contributed by atoms with E-state index in [0.717, 1.165) is 19.5 Å². The zero-order valence-electron chi connectivity index (χ0n) is 9.89. The lowest BCUT2D eigenvalue weighted by Gasteiger charge is -2.20. The summed E-state index contributed by atoms with van der Waals surface area (Å²) in [7, 11) is 0. The van der Waals surface area contributed by atoms with Gasteiger partial charge in [-0.15, -0.1) is 11.3 Å². The van der Waals surface area contributed by atoms with Crippen molar-refractivity contribution >= 4 is 11.3 Å². The number of nitrogens with one attached hydrogen (secondary N) is 1. The number of hydrogen-bond donors (Lipinski definition) is 1. The van der Waals surface area contributed by atoms with Gasteiger partial charge >= 0.3 is 0 Å². The standard InChI is InChI=1S/C12H20N2S/c1-4-6-12(2,3)11-14-9-5-7-13-8-10(9)15-11/h13H,4-8H2,1-3H3. The molecule has 0 spiro atoms. The molecule has 0 radical (unpaired) electrons. The van der Waals surface area contributed by atoms with Gasteiger partial charge in [-0.2, -0.15) is 0 Å². The summed E-state index contributed by atoms with van der Waals surface area (Å²) in [6.45, 7) is 8.98. The van der Waals surface area contributed by atoms with E-state index in [1.54, 1.807) is 0 Å². The first-order valence-corrected chi connectivity index (χ1v) is 6.65. The quantitative estimate of drug-likeness (QED) is 0.854. The zero-order chi connectivity index (χ0) is 10.9. The summed E-state index contributed by atoms with van der Waals surface area (Å²) in [4.78, 5) is 6.28. The summed E-state index contributed by atoms with van der Waals surface area (Å²) in [5.41, 5.74) is 1.61. The van der Waals surface area contributed by atoms with Gasteiger partial charge in [-0.25, -0.2) is 4.98 Å². The number of fused-ring (bicyclic) bond motifs is 1. The molecule has 3 heteroatoms. The number of rotatable bonds is 3. The molecule has 1 N–H and O–H groups in total. The van der Waals surface area contributed by atoms with Gasteiger partial charge in [0.15, 0.2) is 0 Å². The highest BCUT2D eigenvalue weighted by molar-refractivity contribution is 7.11. The Balaban J connectivity index is 2.25. The SMILES string of the molecule is CCCC(C)(C)c1nc2c(s1)CNCC2. The van der Waals surface area contributed by atoms with Crippen LogP contribution in [0, 0.1) is 0 Å². The first kappa shape index (κ1) is 11.1. The Morgan fingerprint density at radius 1 is 1.47 bits per heavy atom. The van der Waals surface area contributed by atoms with E-state index >= 15 is 0 Å². The zero-order valence-corrected chi connectivity index (χ0v) is 10.7. The van der Waals surface area contributed by atoms with Gasteiger partial charge in [-0.3, -0.25) is 0 Å². The predicted octanol–water partition coefficient (Wildman–Crippen LogP) is 2.87. The number of hydrogen-bond acceptors (Lipinski definition) is 3. The number of aromatic nitrogens is 1. The molecular formula is C12H20N2S. The average molecular weight is 224 g/mol. The smallest absolute Gasteiger partial charge is 0.0987 e. The van der Waals surface area contributed by atoms with Crippen LogP contribution in [0.1, 0.15) is 49.2 Å². The van der Waals surface area contributed by atoms with E-state index in [4.69, 9.17) is 4.98 Å². The molecule has 0 aliphatic carbocycles. The molecule has 1 aromatic heterocycles. The molecule has 0 atom stereocenters. The van der Waals surface area contributed by atoms with E-state index in [1.165, 1.54) is 28.4 Å². The molecule has 0 saturated carbocycles. The van der Waals surface area contributed by atoms with Crippen LogP contribution in [0.5, 0.6) is 0 Å². The molecule has 0 unspecified atom stereocenters. The van der Waals surface area contributed by atoms with Gasteiger partial charge in [-0.1, -0.05) is 27.2 Å². The van der Waals surface area contributed by atoms with Gasteiger partial charge in [0.25, 0.3) is 0 Å². The van der Waals surface area contributed by atoms with Crippen molar-refractivity contribution in [3.05, 3.63) is 15.6 Å². The van der Waals surface area contributed by atoms with Crippen LogP contribution >= 0.6 is 11.3 Å². The van der Waals surface area contributed by atoms with Gasteiger partial charge in [0.1, 0.15) is 0 Å². The maximum absolute atomic E-state index is 4.82. The Morgan fingerprint density at radius 3 is 2.93 bits per heavy atom. The van der Waals surface area contributed by atoms with Crippen LogP contribution in [0.3, 0.4) is 0 Å². The van der Waals surface area contributed by atoms with Crippen molar-refractivity contribution in [2.45, 2.75) is 52.0 Å². The Bertz CT molecular complexity index is 318. The highest BCUT2D eigenvalue weighted by Crippen LogP contribution is 2.34. The third-order valence-corrected chi connectivity index (χ3v) is 4.52. The molecule has 84 valence electrons. The molecule has 15 heavy (non-hydrogen) atoms. The second-order valence-electron chi connectivity index (χ2n) is 4.95. The molecule has 0 saturated heterocycles. The fraction of sp³-hybridized carbons (Fsp3) is 0.750. The third kappa shape index (κ3) is 2.23. The Hall–Kier alpha value is -0.410. The molecule has 0 aromatic carbocycles. The van der Waals surface area contributed by atoms with Gasteiger partial charge < -0.3 is 5.32 Å². The molecule has 2 rings (SSSR count). The van der Waals surface area contributed by atoms with Gasteiger partial charge in [0.2, 0.25) is 0 Å². The molecule has 1 aromatic rings. The first-order chi connectivity index (χ1) is 7.13. The van der Waals surface area contributed by atoms with Crippen molar-refractivity contribution in [2.24, 2.45) is 0 Å². The molecular weight excluding hydrogens is 204 g/mol. The third-order valence-electron chi connectivity index (χ3n) is 3.06. The van der Waals surface area contributed by atoms with E-state index in [0.29, 0.717) is 0 Å². The summed E-state index contributed by atoms with van der Waals surface area (Å²) >= 11 is 1.91. The molecule has 1 aliphatic rings. The summed E-state index contributed by atoms with van der Waals surface area (Å²) in [5.74, 6) is 0. The lowest BCUT2D eigenvalue weighted by molar-refractivity contribution is 0.469. The van der Waals surface area contributed by atoms with Gasteiger partial charge in [-0.05, 0) is 6.42 Å². The Morgan fingerprint density at radius 2 is 2.27 bits per heavy atom. The van der Waals surface area contributed by atoms with E-state index < -0.39 is 0 Å². The van der Waals surface area contributed by atoms with Crippen LogP contribution < -0.4 is 5.32 Å². The topological polar surface area (TPSA) is 24.9 Å². The fourth-order valence-electron chi connectivity index (χ4n) is 2.15. The molecule has 2 nitrogen and oxygen atoms in total. The van der Waals surface area contributed by atoms with Gasteiger partial charge in [0, 0.05) is 29.8 Å². The van der Waals surface area contributed by atoms with Crippen molar-refractivity contribution in [2.75, 3.05) is 6.54 Å². The molecule has 2 heterocycles. The molecule has 0 bridgehead atoms. The maximum Gasteiger partial charge on any atom is 0.0987 e. The lowest BCUT2D eigenvalue weighted by atomic mass is 9.89. The highest BCUT2D eigenvalue weighted by atomic mass is 32.1. The van der Waals surface area contributed by atoms with Crippen LogP contribution in [-0.4, -0.2) is 11.5 Å². The number of nitrogens with zero attached hydrogens (tertiary/aromatic N) is 1. The maximum atomic E-state index is 4.82. The predicted molar refractivity (Wildman–Crippen MR) is 65.5 cm³/mol. The minimum absolute atomic E-state index is 0.261. The van der Waals surface area contributed by atoms with Crippen molar-refractivity contribution in [1.29, 1.82) is 0 Å². The molecule has 0 fully saturated rings. The summed E-state index contributed by atoms with van der Waals surface area (Å²) in [6.07, 6.45) is 3.57. The van der Waals surface area contributed by atoms with Crippen molar-refractivity contribution in [3.63, 3.8) is 0 Å². The summed E-state index contributed by atoms with van der Waals surface area (Å²) in [5, 5.41) is 4.74. The molecule has 0 amide bonds. The number of thiazole rings is 1. The van der Waals surface area contributed by atoms with Crippen LogP contribution in [0.4, 0.5) is 0 Å². The average Bonchev–Trinajstić information content (AvgIpc) is 2.61. The lowest BCUT2D eigenvalue weighted by Crippen LogP contribution is -2.22. The molecule has 1 aliphatic heterocycles. The monoisotopic (exact) mass is 224 g/mol. The second kappa shape index (κ2) is 4.22. The van der Waals surface area contributed by atoms with E-state index in [9.17, 15) is 0 Å². The van der Waals surface area contributed by atoms with Crippen molar-refractivity contribution in [1.82, 2.24) is 10.3 Å². The van der Waals surface area contributed by atoms with Crippen molar-refractivity contribution < 1.29 is 0 Å². The van der Waals surface area contributed by atoms with E-state index in [1.807, 2.05) is 11.3 Å². The van der Waals surface area contributed by atoms with E-state index in [2.05, 4.69) is 26.1 Å². The van der Waals surface area contributed by atoms with Crippen molar-refractivity contribution in [3.8, 4) is 0 Å². The van der Waals surface area contributed by atoms with Gasteiger partial charge in [0.05, 0.1) is 10.7 Å². The Labute approximate surface area is 96.1 Å². The van der Waals surface area contributed by atoms with Crippen LogP contribution in [0.25, 0.3) is 0 Å². The van der Waals surface area contributed by atoms with E-state index in [-0.39, 0.29) is 5.41 Å². The Kier molecular flexibility index (Phi) is 3.12. The normalized spacial score (nSPS) is 16.5. The second-order valence-corrected chi connectivity index (χ2v) is 6.03. The first-order valence-electron chi connectivity index (χ1n) is 5.83. The minimum atomic E-state index is 0.261. The van der Waals surface area contributed by atoms with Crippen LogP contribution in [0.2, 0.25) is 0 Å². The highest BCUT2D eigenvalue weighted by Gasteiger charge is 2.26. The van der Waals surface area contributed by atoms with Crippen LogP contribution in [0.15, 0.2) is 0 Å². The summed E-state index contributed by atoms with van der Waals surface area (Å²) in [6, 6.07) is 0. The fourth-order valence-corrected chi connectivity index (χ4v) is 3.35.